The van der Waals surface area contributed by atoms with Gasteiger partial charge in [-0.2, -0.15) is 0 Å². The Balaban J connectivity index is 3.26. The molecule has 0 aliphatic heterocycles. The first-order chi connectivity index (χ1) is 6.04. The van der Waals surface area contributed by atoms with Crippen LogP contribution < -0.4 is 0 Å². The van der Waals surface area contributed by atoms with E-state index in [2.05, 4.69) is 6.92 Å². The molecule has 0 fully saturated rings. The maximum atomic E-state index is 11.3. The minimum absolute atomic E-state index is 0.600. The molecule has 0 aliphatic carbocycles. The lowest BCUT2D eigenvalue weighted by molar-refractivity contribution is 0.588. The van der Waals surface area contributed by atoms with E-state index in [4.69, 9.17) is 0 Å². The molecule has 0 bridgehead atoms. The van der Waals surface area contributed by atoms with E-state index in [0.717, 1.165) is 0 Å². The van der Waals surface area contributed by atoms with E-state index in [1.807, 2.05) is 0 Å². The van der Waals surface area contributed by atoms with Gasteiger partial charge in [0.1, 0.15) is 12.5 Å². The maximum absolute atomic E-state index is 11.3. The predicted molar refractivity (Wildman–Crippen MR) is 55.6 cm³/mol. The molecule has 2 nitrogen and oxygen atoms in total. The second-order valence-corrected chi connectivity index (χ2v) is 5.32. The van der Waals surface area contributed by atoms with Gasteiger partial charge in [0, 0.05) is 5.56 Å². The largest absolute Gasteiger partial charge is 0.612 e. The van der Waals surface area contributed by atoms with Crippen LogP contribution in [-0.4, -0.2) is 21.6 Å². The summed E-state index contributed by atoms with van der Waals surface area (Å²) in [6.07, 6.45) is 3.14. The van der Waals surface area contributed by atoms with Crippen molar-refractivity contribution in [1.29, 1.82) is 0 Å². The molecule has 1 aromatic rings. The Kier molecular flexibility index (Phi) is 3.67. The molecule has 2 atom stereocenters. The molecule has 0 aliphatic rings. The second kappa shape index (κ2) is 4.37. The van der Waals surface area contributed by atoms with Crippen LogP contribution in [0, 0.1) is 6.92 Å². The van der Waals surface area contributed by atoms with Crippen LogP contribution in [-0.2, 0) is 22.4 Å². The van der Waals surface area contributed by atoms with E-state index in [1.165, 1.54) is 0 Å². The standard InChI is InChI=1S/C9H11O2S2/c1-7-5-4-6-8(12(2)10)9(7)13(3)11/h4-6H,1H2,2-3H3. The summed E-state index contributed by atoms with van der Waals surface area (Å²) < 4.78 is 22.6. The van der Waals surface area contributed by atoms with E-state index in [-0.39, 0.29) is 0 Å². The van der Waals surface area contributed by atoms with E-state index >= 15 is 0 Å². The Morgan fingerprint density at radius 3 is 2.15 bits per heavy atom. The number of benzene rings is 1. The van der Waals surface area contributed by atoms with Gasteiger partial charge in [-0.15, -0.1) is 0 Å². The summed E-state index contributed by atoms with van der Waals surface area (Å²) in [4.78, 5) is 1.22. The number of hydrogen-bond acceptors (Lipinski definition) is 2. The first-order valence-electron chi connectivity index (χ1n) is 3.66. The van der Waals surface area contributed by atoms with Crippen molar-refractivity contribution >= 4 is 22.4 Å². The third-order valence-electron chi connectivity index (χ3n) is 1.66. The summed E-state index contributed by atoms with van der Waals surface area (Å²) in [5.41, 5.74) is 0.688. The van der Waals surface area contributed by atoms with Crippen molar-refractivity contribution in [3.63, 3.8) is 0 Å². The molecular weight excluding hydrogens is 204 g/mol. The van der Waals surface area contributed by atoms with Gasteiger partial charge in [-0.1, -0.05) is 12.1 Å². The minimum atomic E-state index is -1.13. The molecule has 2 unspecified atom stereocenters. The molecule has 71 valence electrons. The molecule has 0 heterocycles. The summed E-state index contributed by atoms with van der Waals surface area (Å²) in [6, 6.07) is 5.27. The Labute approximate surface area is 84.7 Å². The second-order valence-electron chi connectivity index (χ2n) is 2.65. The third kappa shape index (κ3) is 2.40. The van der Waals surface area contributed by atoms with Crippen LogP contribution in [0.2, 0.25) is 0 Å². The minimum Gasteiger partial charge on any atom is -0.612 e. The van der Waals surface area contributed by atoms with Crippen molar-refractivity contribution in [3.05, 3.63) is 30.7 Å². The maximum Gasteiger partial charge on any atom is 0.210 e. The molecule has 13 heavy (non-hydrogen) atoms. The molecule has 0 spiro atoms. The summed E-state index contributed by atoms with van der Waals surface area (Å²) in [5.74, 6) is 0. The monoisotopic (exact) mass is 215 g/mol. The van der Waals surface area contributed by atoms with Crippen LogP contribution in [0.25, 0.3) is 0 Å². The molecular formula is C9H11O2S2. The van der Waals surface area contributed by atoms with Crippen LogP contribution in [0.5, 0.6) is 0 Å². The Bertz CT molecular complexity index is 298. The summed E-state index contributed by atoms with van der Waals surface area (Å²) >= 11 is -2.23. The zero-order valence-corrected chi connectivity index (χ0v) is 9.21. The first kappa shape index (κ1) is 10.9. The topological polar surface area (TPSA) is 46.1 Å². The van der Waals surface area contributed by atoms with Crippen molar-refractivity contribution in [2.75, 3.05) is 12.5 Å². The van der Waals surface area contributed by atoms with Gasteiger partial charge in [-0.3, -0.25) is 0 Å². The summed E-state index contributed by atoms with van der Waals surface area (Å²) in [5, 5.41) is 0. The number of rotatable bonds is 2. The predicted octanol–water partition coefficient (Wildman–Crippen LogP) is 1.34. The van der Waals surface area contributed by atoms with Crippen LogP contribution in [0.4, 0.5) is 0 Å². The van der Waals surface area contributed by atoms with Gasteiger partial charge >= 0.3 is 0 Å². The SMILES string of the molecule is [CH2]c1cccc([S+](C)[O-])c1[S+](C)[O-]. The first-order valence-corrected chi connectivity index (χ1v) is 6.77. The fourth-order valence-electron chi connectivity index (χ4n) is 1.11. The Morgan fingerprint density at radius 1 is 1.15 bits per heavy atom. The zero-order valence-electron chi connectivity index (χ0n) is 7.57. The van der Waals surface area contributed by atoms with Gasteiger partial charge < -0.3 is 9.11 Å². The van der Waals surface area contributed by atoms with Crippen molar-refractivity contribution in [2.24, 2.45) is 0 Å². The Morgan fingerprint density at radius 2 is 1.77 bits per heavy atom. The normalized spacial score (nSPS) is 15.5. The highest BCUT2D eigenvalue weighted by atomic mass is 32.2. The average molecular weight is 215 g/mol. The lowest BCUT2D eigenvalue weighted by atomic mass is 10.2. The Hall–Kier alpha value is -0.160. The lowest BCUT2D eigenvalue weighted by Crippen LogP contribution is -2.09. The van der Waals surface area contributed by atoms with Gasteiger partial charge in [0.25, 0.3) is 0 Å². The van der Waals surface area contributed by atoms with Crippen molar-refractivity contribution < 1.29 is 9.11 Å². The van der Waals surface area contributed by atoms with Crippen molar-refractivity contribution in [2.45, 2.75) is 9.79 Å². The summed E-state index contributed by atoms with van der Waals surface area (Å²) in [6.45, 7) is 3.76. The highest BCUT2D eigenvalue weighted by molar-refractivity contribution is 7.93. The molecule has 1 aromatic carbocycles. The van der Waals surface area contributed by atoms with Crippen LogP contribution in [0.3, 0.4) is 0 Å². The molecule has 0 amide bonds. The smallest absolute Gasteiger partial charge is 0.210 e. The van der Waals surface area contributed by atoms with Crippen LogP contribution in [0.15, 0.2) is 28.0 Å². The van der Waals surface area contributed by atoms with Crippen molar-refractivity contribution in [3.8, 4) is 0 Å². The fourth-order valence-corrected chi connectivity index (χ4v) is 3.27. The summed E-state index contributed by atoms with van der Waals surface area (Å²) in [7, 11) is 0. The van der Waals surface area contributed by atoms with E-state index in [1.54, 1.807) is 30.7 Å². The van der Waals surface area contributed by atoms with E-state index in [0.29, 0.717) is 15.4 Å². The average Bonchev–Trinajstić information content (AvgIpc) is 2.02. The molecule has 0 aromatic heterocycles. The molecule has 0 N–H and O–H groups in total. The van der Waals surface area contributed by atoms with Gasteiger partial charge in [0.05, 0.1) is 0 Å². The molecule has 0 saturated heterocycles. The molecule has 4 heteroatoms. The lowest BCUT2D eigenvalue weighted by Gasteiger charge is -2.12. The zero-order chi connectivity index (χ0) is 10.0. The third-order valence-corrected chi connectivity index (χ3v) is 3.80. The van der Waals surface area contributed by atoms with Crippen LogP contribution >= 0.6 is 0 Å². The quantitative estimate of drug-likeness (QED) is 0.699. The van der Waals surface area contributed by atoms with Gasteiger partial charge in [-0.25, -0.2) is 0 Å². The molecule has 0 saturated carbocycles. The van der Waals surface area contributed by atoms with E-state index in [9.17, 15) is 9.11 Å². The molecule has 1 rings (SSSR count). The highest BCUT2D eigenvalue weighted by Gasteiger charge is 2.21. The van der Waals surface area contributed by atoms with Crippen LogP contribution in [0.1, 0.15) is 5.56 Å². The van der Waals surface area contributed by atoms with Crippen molar-refractivity contribution in [1.82, 2.24) is 0 Å². The van der Waals surface area contributed by atoms with Gasteiger partial charge in [0.2, 0.25) is 9.79 Å². The highest BCUT2D eigenvalue weighted by Crippen LogP contribution is 2.23. The number of hydrogen-bond donors (Lipinski definition) is 0. The van der Waals surface area contributed by atoms with E-state index < -0.39 is 22.4 Å². The fraction of sp³-hybridized carbons (Fsp3) is 0.222. The van der Waals surface area contributed by atoms with Gasteiger partial charge in [0.15, 0.2) is 0 Å². The van der Waals surface area contributed by atoms with Gasteiger partial charge in [-0.05, 0) is 35.3 Å². The molecule has 1 radical (unpaired) electrons.